The van der Waals surface area contributed by atoms with E-state index < -0.39 is 5.97 Å². The normalized spacial score (nSPS) is 10.8. The molecule has 0 aliphatic heterocycles. The number of carboxylic acids is 1. The minimum Gasteiger partial charge on any atom is -0.478 e. The van der Waals surface area contributed by atoms with Crippen LogP contribution in [0.15, 0.2) is 54.6 Å². The fourth-order valence-corrected chi connectivity index (χ4v) is 2.13. The van der Waals surface area contributed by atoms with Crippen LogP contribution in [0.4, 0.5) is 5.69 Å². The zero-order valence-electron chi connectivity index (χ0n) is 12.3. The highest BCUT2D eigenvalue weighted by Gasteiger charge is 2.02. The second-order valence-corrected chi connectivity index (χ2v) is 5.11. The summed E-state index contributed by atoms with van der Waals surface area (Å²) in [7, 11) is 2.06. The largest absolute Gasteiger partial charge is 0.478 e. The van der Waals surface area contributed by atoms with Crippen molar-refractivity contribution < 1.29 is 9.90 Å². The summed E-state index contributed by atoms with van der Waals surface area (Å²) in [6.07, 6.45) is 2.74. The number of rotatable bonds is 5. The van der Waals surface area contributed by atoms with E-state index in [1.54, 1.807) is 6.08 Å². The molecular formula is C18H19NO2. The van der Waals surface area contributed by atoms with Crippen LogP contribution in [-0.4, -0.2) is 18.1 Å². The van der Waals surface area contributed by atoms with E-state index in [0.29, 0.717) is 0 Å². The first kappa shape index (κ1) is 14.9. The van der Waals surface area contributed by atoms with Crippen LogP contribution in [0, 0.1) is 6.92 Å². The van der Waals surface area contributed by atoms with Gasteiger partial charge in [0.15, 0.2) is 0 Å². The van der Waals surface area contributed by atoms with Gasteiger partial charge in [0.1, 0.15) is 0 Å². The molecule has 3 nitrogen and oxygen atoms in total. The van der Waals surface area contributed by atoms with Gasteiger partial charge in [-0.15, -0.1) is 0 Å². The first-order valence-corrected chi connectivity index (χ1v) is 6.82. The van der Waals surface area contributed by atoms with Crippen LogP contribution in [0.2, 0.25) is 0 Å². The average Bonchev–Trinajstić information content (AvgIpc) is 2.46. The highest BCUT2D eigenvalue weighted by molar-refractivity contribution is 5.85. The van der Waals surface area contributed by atoms with Gasteiger partial charge in [-0.1, -0.05) is 36.4 Å². The van der Waals surface area contributed by atoms with Crippen LogP contribution in [0.3, 0.4) is 0 Å². The van der Waals surface area contributed by atoms with Crippen LogP contribution < -0.4 is 4.90 Å². The van der Waals surface area contributed by atoms with Gasteiger partial charge >= 0.3 is 5.97 Å². The van der Waals surface area contributed by atoms with Crippen LogP contribution in [-0.2, 0) is 11.3 Å². The van der Waals surface area contributed by atoms with Gasteiger partial charge in [-0.3, -0.25) is 0 Å². The summed E-state index contributed by atoms with van der Waals surface area (Å²) in [5.41, 5.74) is 4.50. The summed E-state index contributed by atoms with van der Waals surface area (Å²) in [5, 5.41) is 8.60. The van der Waals surface area contributed by atoms with E-state index in [1.807, 2.05) is 24.3 Å². The van der Waals surface area contributed by atoms with Gasteiger partial charge in [-0.2, -0.15) is 0 Å². The second kappa shape index (κ2) is 6.75. The van der Waals surface area contributed by atoms with Crippen molar-refractivity contribution in [2.75, 3.05) is 11.9 Å². The first-order chi connectivity index (χ1) is 10.0. The number of nitrogens with zero attached hydrogens (tertiary/aromatic N) is 1. The standard InChI is InChI=1S/C18H19NO2/c1-14-4-3-5-17(12-14)19(2)13-16-8-6-15(7-9-16)10-11-18(20)21/h3-12H,13H2,1-2H3,(H,20,21). The van der Waals surface area contributed by atoms with Gasteiger partial charge < -0.3 is 10.0 Å². The Labute approximate surface area is 125 Å². The van der Waals surface area contributed by atoms with E-state index >= 15 is 0 Å². The lowest BCUT2D eigenvalue weighted by Crippen LogP contribution is -2.16. The predicted molar refractivity (Wildman–Crippen MR) is 86.4 cm³/mol. The Balaban J connectivity index is 2.04. The van der Waals surface area contributed by atoms with Crippen molar-refractivity contribution in [2.45, 2.75) is 13.5 Å². The lowest BCUT2D eigenvalue weighted by atomic mass is 10.1. The van der Waals surface area contributed by atoms with Crippen molar-refractivity contribution in [1.29, 1.82) is 0 Å². The molecule has 0 spiro atoms. The monoisotopic (exact) mass is 281 g/mol. The third-order valence-electron chi connectivity index (χ3n) is 3.26. The third kappa shape index (κ3) is 4.49. The number of hydrogen-bond acceptors (Lipinski definition) is 2. The molecule has 0 amide bonds. The number of anilines is 1. The molecule has 3 heteroatoms. The smallest absolute Gasteiger partial charge is 0.328 e. The molecule has 0 aromatic heterocycles. The fourth-order valence-electron chi connectivity index (χ4n) is 2.13. The molecule has 1 N–H and O–H groups in total. The number of aryl methyl sites for hydroxylation is 1. The maximum atomic E-state index is 10.5. The van der Waals surface area contributed by atoms with Crippen molar-refractivity contribution in [1.82, 2.24) is 0 Å². The predicted octanol–water partition coefficient (Wildman–Crippen LogP) is 3.73. The summed E-state index contributed by atoms with van der Waals surface area (Å²) in [6, 6.07) is 16.3. The molecule has 0 fully saturated rings. The Morgan fingerprint density at radius 2 is 1.90 bits per heavy atom. The van der Waals surface area contributed by atoms with E-state index in [-0.39, 0.29) is 0 Å². The minimum absolute atomic E-state index is 0.812. The summed E-state index contributed by atoms with van der Waals surface area (Å²) in [4.78, 5) is 12.7. The quantitative estimate of drug-likeness (QED) is 0.849. The Hall–Kier alpha value is -2.55. The molecule has 0 heterocycles. The van der Waals surface area contributed by atoms with Crippen molar-refractivity contribution in [2.24, 2.45) is 0 Å². The van der Waals surface area contributed by atoms with Crippen molar-refractivity contribution in [3.05, 3.63) is 71.3 Å². The molecule has 108 valence electrons. The molecule has 0 unspecified atom stereocenters. The molecule has 2 aromatic rings. The van der Waals surface area contributed by atoms with E-state index in [2.05, 4.69) is 43.1 Å². The van der Waals surface area contributed by atoms with Crippen molar-refractivity contribution in [3.63, 3.8) is 0 Å². The minimum atomic E-state index is -0.932. The van der Waals surface area contributed by atoms with Crippen molar-refractivity contribution >= 4 is 17.7 Å². The number of benzene rings is 2. The second-order valence-electron chi connectivity index (χ2n) is 5.11. The molecular weight excluding hydrogens is 262 g/mol. The van der Waals surface area contributed by atoms with Gasteiger partial charge in [-0.25, -0.2) is 4.79 Å². The first-order valence-electron chi connectivity index (χ1n) is 6.82. The van der Waals surface area contributed by atoms with Crippen LogP contribution >= 0.6 is 0 Å². The number of aliphatic carboxylic acids is 1. The number of hydrogen-bond donors (Lipinski definition) is 1. The molecule has 0 aliphatic rings. The number of carboxylic acid groups (broad SMARTS) is 1. The van der Waals surface area contributed by atoms with Gasteiger partial charge in [0.2, 0.25) is 0 Å². The molecule has 21 heavy (non-hydrogen) atoms. The SMILES string of the molecule is Cc1cccc(N(C)Cc2ccc(C=CC(=O)O)cc2)c1. The topological polar surface area (TPSA) is 40.5 Å². The lowest BCUT2D eigenvalue weighted by Gasteiger charge is -2.20. The highest BCUT2D eigenvalue weighted by atomic mass is 16.4. The maximum Gasteiger partial charge on any atom is 0.328 e. The molecule has 0 bridgehead atoms. The summed E-state index contributed by atoms with van der Waals surface area (Å²) >= 11 is 0. The summed E-state index contributed by atoms with van der Waals surface area (Å²) in [6.45, 7) is 2.90. The zero-order valence-corrected chi connectivity index (χ0v) is 12.3. The third-order valence-corrected chi connectivity index (χ3v) is 3.26. The van der Waals surface area contributed by atoms with Crippen LogP contribution in [0.5, 0.6) is 0 Å². The highest BCUT2D eigenvalue weighted by Crippen LogP contribution is 2.17. The van der Waals surface area contributed by atoms with E-state index in [9.17, 15) is 4.79 Å². The number of carbonyl (C=O) groups is 1. The molecule has 0 saturated carbocycles. The van der Waals surface area contributed by atoms with Crippen molar-refractivity contribution in [3.8, 4) is 0 Å². The average molecular weight is 281 g/mol. The zero-order chi connectivity index (χ0) is 15.2. The van der Waals surface area contributed by atoms with Crippen LogP contribution in [0.25, 0.3) is 6.08 Å². The summed E-state index contributed by atoms with van der Waals surface area (Å²) in [5.74, 6) is -0.932. The Kier molecular flexibility index (Phi) is 4.77. The molecule has 2 aromatic carbocycles. The van der Waals surface area contributed by atoms with E-state index in [0.717, 1.165) is 18.2 Å². The molecule has 2 rings (SSSR count). The van der Waals surface area contributed by atoms with Gasteiger partial charge in [0.25, 0.3) is 0 Å². The lowest BCUT2D eigenvalue weighted by molar-refractivity contribution is -0.131. The maximum absolute atomic E-state index is 10.5. The Bertz CT molecular complexity index is 645. The van der Waals surface area contributed by atoms with E-state index in [4.69, 9.17) is 5.11 Å². The molecule has 0 saturated heterocycles. The van der Waals surface area contributed by atoms with E-state index in [1.165, 1.54) is 16.8 Å². The van der Waals surface area contributed by atoms with Gasteiger partial charge in [0.05, 0.1) is 0 Å². The Morgan fingerprint density at radius 1 is 1.19 bits per heavy atom. The molecule has 0 atom stereocenters. The van der Waals surface area contributed by atoms with Crippen LogP contribution in [0.1, 0.15) is 16.7 Å². The molecule has 0 aliphatic carbocycles. The fraction of sp³-hybridized carbons (Fsp3) is 0.167. The van der Waals surface area contributed by atoms with Gasteiger partial charge in [0, 0.05) is 25.4 Å². The summed E-state index contributed by atoms with van der Waals surface area (Å²) < 4.78 is 0. The van der Waals surface area contributed by atoms with Gasteiger partial charge in [-0.05, 0) is 41.8 Å². The molecule has 0 radical (unpaired) electrons. The Morgan fingerprint density at radius 3 is 2.52 bits per heavy atom.